The van der Waals surface area contributed by atoms with Gasteiger partial charge in [-0.05, 0) is 24.3 Å². The molecular weight excluding hydrogens is 384 g/mol. The van der Waals surface area contributed by atoms with Crippen LogP contribution in [0.25, 0.3) is 11.4 Å². The van der Waals surface area contributed by atoms with Crippen molar-refractivity contribution in [3.8, 4) is 17.1 Å². The minimum atomic E-state index is -3.82. The van der Waals surface area contributed by atoms with Gasteiger partial charge in [-0.1, -0.05) is 12.1 Å². The molecule has 9 nitrogen and oxygen atoms in total. The van der Waals surface area contributed by atoms with Crippen LogP contribution in [0.4, 0.5) is 0 Å². The summed E-state index contributed by atoms with van der Waals surface area (Å²) in [6, 6.07) is 7.84. The molecule has 2 aromatic heterocycles. The Bertz CT molecular complexity index is 1040. The Balaban J connectivity index is 1.77. The lowest BCUT2D eigenvalue weighted by Crippen LogP contribution is -2.27. The Kier molecular flexibility index (Phi) is 5.81. The molecule has 0 bridgehead atoms. The van der Waals surface area contributed by atoms with Crippen molar-refractivity contribution in [2.45, 2.75) is 19.0 Å². The third-order valence-corrected chi connectivity index (χ3v) is 5.53. The Morgan fingerprint density at radius 3 is 2.75 bits per heavy atom. The lowest BCUT2D eigenvalue weighted by Gasteiger charge is -2.13. The summed E-state index contributed by atoms with van der Waals surface area (Å²) < 4.78 is 32.7. The molecule has 1 aliphatic rings. The van der Waals surface area contributed by atoms with E-state index in [-0.39, 0.29) is 17.9 Å². The van der Waals surface area contributed by atoms with E-state index in [0.29, 0.717) is 22.8 Å². The van der Waals surface area contributed by atoms with Crippen molar-refractivity contribution in [3.63, 3.8) is 0 Å². The number of ether oxygens (including phenoxy) is 1. The quantitative estimate of drug-likeness (QED) is 0.555. The fourth-order valence-electron chi connectivity index (χ4n) is 2.61. The molecule has 1 unspecified atom stereocenters. The Hall–Kier alpha value is -3.11. The summed E-state index contributed by atoms with van der Waals surface area (Å²) in [5.74, 6) is 0.524. The van der Waals surface area contributed by atoms with Gasteiger partial charge in [0, 0.05) is 29.7 Å². The van der Waals surface area contributed by atoms with E-state index >= 15 is 0 Å². The summed E-state index contributed by atoms with van der Waals surface area (Å²) in [6.07, 6.45) is 5.53. The molecule has 0 amide bonds. The molecule has 28 heavy (non-hydrogen) atoms. The standard InChI is InChI=1S/C18H18N4O5S/c1-27-15-10-13(21-18(11-15)17-4-2-3-9-19-17)12-20-28(25,26)16-7-5-14(6-8-16)22(23)24/h2-5,7-11,14,20H,6,12H2,1H3. The van der Waals surface area contributed by atoms with Crippen LogP contribution < -0.4 is 9.46 Å². The highest BCUT2D eigenvalue weighted by Gasteiger charge is 2.24. The Labute approximate surface area is 162 Å². The molecule has 2 heterocycles. The van der Waals surface area contributed by atoms with Gasteiger partial charge in [0.15, 0.2) is 0 Å². The molecule has 0 saturated carbocycles. The molecule has 1 N–H and O–H groups in total. The molecular formula is C18H18N4O5S. The fourth-order valence-corrected chi connectivity index (χ4v) is 3.69. The number of hydrogen-bond donors (Lipinski definition) is 1. The molecule has 146 valence electrons. The van der Waals surface area contributed by atoms with E-state index in [9.17, 15) is 18.5 Å². The van der Waals surface area contributed by atoms with Crippen LogP contribution in [0.2, 0.25) is 0 Å². The molecule has 1 aliphatic carbocycles. The van der Waals surface area contributed by atoms with E-state index in [1.54, 1.807) is 30.5 Å². The second-order valence-corrected chi connectivity index (χ2v) is 7.74. The fraction of sp³-hybridized carbons (Fsp3) is 0.222. The van der Waals surface area contributed by atoms with Crippen LogP contribution in [-0.4, -0.2) is 36.5 Å². The minimum Gasteiger partial charge on any atom is -0.497 e. The van der Waals surface area contributed by atoms with E-state index in [2.05, 4.69) is 14.7 Å². The highest BCUT2D eigenvalue weighted by atomic mass is 32.2. The summed E-state index contributed by atoms with van der Waals surface area (Å²) >= 11 is 0. The van der Waals surface area contributed by atoms with Crippen molar-refractivity contribution in [1.29, 1.82) is 0 Å². The van der Waals surface area contributed by atoms with E-state index in [0.717, 1.165) is 0 Å². The van der Waals surface area contributed by atoms with Crippen LogP contribution >= 0.6 is 0 Å². The highest BCUT2D eigenvalue weighted by molar-refractivity contribution is 7.93. The van der Waals surface area contributed by atoms with E-state index in [1.807, 2.05) is 6.07 Å². The van der Waals surface area contributed by atoms with Crippen LogP contribution in [0.5, 0.6) is 5.75 Å². The number of methoxy groups -OCH3 is 1. The molecule has 0 aromatic carbocycles. The minimum absolute atomic E-state index is 0.00144. The summed E-state index contributed by atoms with van der Waals surface area (Å²) in [5, 5.41) is 10.8. The first-order valence-electron chi connectivity index (χ1n) is 8.37. The van der Waals surface area contributed by atoms with Gasteiger partial charge in [-0.2, -0.15) is 0 Å². The molecule has 0 aliphatic heterocycles. The van der Waals surface area contributed by atoms with Crippen LogP contribution in [0.15, 0.2) is 59.7 Å². The van der Waals surface area contributed by atoms with Gasteiger partial charge in [0.1, 0.15) is 5.75 Å². The van der Waals surface area contributed by atoms with Gasteiger partial charge >= 0.3 is 0 Å². The topological polar surface area (TPSA) is 124 Å². The molecule has 3 rings (SSSR count). The van der Waals surface area contributed by atoms with Gasteiger partial charge in [0.2, 0.25) is 16.1 Å². The van der Waals surface area contributed by atoms with Crippen molar-refractivity contribution >= 4 is 10.0 Å². The number of pyridine rings is 2. The Morgan fingerprint density at radius 2 is 2.14 bits per heavy atom. The predicted octanol–water partition coefficient (Wildman–Crippen LogP) is 2.06. The molecule has 0 fully saturated rings. The largest absolute Gasteiger partial charge is 0.497 e. The number of allylic oxidation sites excluding steroid dienone is 1. The third-order valence-electron chi connectivity index (χ3n) is 4.08. The molecule has 2 aromatic rings. The van der Waals surface area contributed by atoms with E-state index in [4.69, 9.17) is 4.74 Å². The predicted molar refractivity (Wildman–Crippen MR) is 102 cm³/mol. The number of nitro groups is 1. The lowest BCUT2D eigenvalue weighted by atomic mass is 10.1. The van der Waals surface area contributed by atoms with Gasteiger partial charge in [0.25, 0.3) is 0 Å². The van der Waals surface area contributed by atoms with Crippen molar-refractivity contribution in [2.24, 2.45) is 0 Å². The van der Waals surface area contributed by atoms with Crippen molar-refractivity contribution in [3.05, 3.63) is 75.5 Å². The molecule has 10 heteroatoms. The van der Waals surface area contributed by atoms with Crippen LogP contribution in [-0.2, 0) is 16.6 Å². The smallest absolute Gasteiger partial charge is 0.240 e. The second kappa shape index (κ2) is 8.28. The number of rotatable bonds is 7. The van der Waals surface area contributed by atoms with Crippen molar-refractivity contribution in [2.75, 3.05) is 7.11 Å². The first kappa shape index (κ1) is 19.6. The second-order valence-electron chi connectivity index (χ2n) is 5.98. The molecule has 0 saturated heterocycles. The zero-order chi connectivity index (χ0) is 20.1. The monoisotopic (exact) mass is 402 g/mol. The summed E-state index contributed by atoms with van der Waals surface area (Å²) in [6.45, 7) is -0.0663. The maximum Gasteiger partial charge on any atom is 0.240 e. The van der Waals surface area contributed by atoms with Crippen LogP contribution in [0.1, 0.15) is 12.1 Å². The zero-order valence-electron chi connectivity index (χ0n) is 15.0. The van der Waals surface area contributed by atoms with Crippen LogP contribution in [0.3, 0.4) is 0 Å². The maximum atomic E-state index is 12.5. The molecule has 0 spiro atoms. The van der Waals surface area contributed by atoms with Gasteiger partial charge in [-0.15, -0.1) is 0 Å². The zero-order valence-corrected chi connectivity index (χ0v) is 15.8. The first-order valence-corrected chi connectivity index (χ1v) is 9.85. The van der Waals surface area contributed by atoms with Gasteiger partial charge in [-0.3, -0.25) is 15.1 Å². The van der Waals surface area contributed by atoms with Crippen molar-refractivity contribution < 1.29 is 18.1 Å². The summed E-state index contributed by atoms with van der Waals surface area (Å²) in [5.41, 5.74) is 1.64. The van der Waals surface area contributed by atoms with E-state index in [1.165, 1.54) is 25.3 Å². The number of aromatic nitrogens is 2. The summed E-state index contributed by atoms with van der Waals surface area (Å²) in [7, 11) is -2.31. The lowest BCUT2D eigenvalue weighted by molar-refractivity contribution is -0.508. The van der Waals surface area contributed by atoms with Crippen molar-refractivity contribution in [1.82, 2.24) is 14.7 Å². The van der Waals surface area contributed by atoms with Gasteiger partial charge in [0.05, 0.1) is 35.6 Å². The number of sulfonamides is 1. The maximum absolute atomic E-state index is 12.5. The summed E-state index contributed by atoms with van der Waals surface area (Å²) in [4.78, 5) is 19.0. The molecule has 0 radical (unpaired) electrons. The number of nitrogens with one attached hydrogen (secondary N) is 1. The van der Waals surface area contributed by atoms with E-state index < -0.39 is 21.0 Å². The van der Waals surface area contributed by atoms with Gasteiger partial charge < -0.3 is 4.74 Å². The average Bonchev–Trinajstić information content (AvgIpc) is 2.73. The normalized spacial score (nSPS) is 16.5. The third kappa shape index (κ3) is 4.59. The highest BCUT2D eigenvalue weighted by Crippen LogP contribution is 2.22. The van der Waals surface area contributed by atoms with Crippen LogP contribution in [0, 0.1) is 10.1 Å². The number of nitrogens with zero attached hydrogens (tertiary/aromatic N) is 3. The average molecular weight is 402 g/mol. The molecule has 1 atom stereocenters. The Morgan fingerprint density at radius 1 is 1.32 bits per heavy atom. The van der Waals surface area contributed by atoms with Gasteiger partial charge in [-0.25, -0.2) is 18.1 Å². The number of hydrogen-bond acceptors (Lipinski definition) is 7. The SMILES string of the molecule is COc1cc(CNS(=O)(=O)C2=CCC([N+](=O)[O-])C=C2)nc(-c2ccccn2)c1. The first-order chi connectivity index (χ1) is 13.4.